The Bertz CT molecular complexity index is 528. The lowest BCUT2D eigenvalue weighted by atomic mass is 10.1. The number of aldehydes is 1. The number of hydrogen-bond acceptors (Lipinski definition) is 3. The third kappa shape index (κ3) is 3.20. The van der Waals surface area contributed by atoms with Crippen LogP contribution >= 0.6 is 0 Å². The van der Waals surface area contributed by atoms with E-state index in [4.69, 9.17) is 0 Å². The molecular formula is C15H19F3N2O. The highest BCUT2D eigenvalue weighted by Crippen LogP contribution is 2.35. The van der Waals surface area contributed by atoms with Crippen molar-refractivity contribution in [1.29, 1.82) is 0 Å². The molecule has 1 saturated heterocycles. The van der Waals surface area contributed by atoms with E-state index in [1.54, 1.807) is 6.07 Å². The second-order valence-corrected chi connectivity index (χ2v) is 5.80. The van der Waals surface area contributed by atoms with Crippen molar-refractivity contribution in [3.05, 3.63) is 29.3 Å². The zero-order chi connectivity index (χ0) is 15.8. The van der Waals surface area contributed by atoms with Gasteiger partial charge in [-0.05, 0) is 38.2 Å². The van der Waals surface area contributed by atoms with Gasteiger partial charge in [0.25, 0.3) is 0 Å². The molecule has 1 aromatic carbocycles. The molecule has 1 fully saturated rings. The molecular weight excluding hydrogens is 281 g/mol. The van der Waals surface area contributed by atoms with Crippen molar-refractivity contribution in [1.82, 2.24) is 4.90 Å². The molecule has 1 aliphatic heterocycles. The number of nitrogens with zero attached hydrogens (tertiary/aromatic N) is 2. The number of halogens is 3. The molecule has 0 bridgehead atoms. The van der Waals surface area contributed by atoms with Crippen LogP contribution in [0, 0.1) is 5.92 Å². The normalized spacial score (nSPS) is 22.9. The number of carbonyl (C=O) groups excluding carboxylic acids is 1. The lowest BCUT2D eigenvalue weighted by Crippen LogP contribution is -2.34. The van der Waals surface area contributed by atoms with Crippen LogP contribution in [0.25, 0.3) is 0 Å². The van der Waals surface area contributed by atoms with E-state index in [1.165, 1.54) is 6.07 Å². The summed E-state index contributed by atoms with van der Waals surface area (Å²) in [5.41, 5.74) is -0.664. The van der Waals surface area contributed by atoms with Gasteiger partial charge < -0.3 is 9.80 Å². The van der Waals surface area contributed by atoms with E-state index < -0.39 is 11.7 Å². The van der Waals surface area contributed by atoms with E-state index in [0.717, 1.165) is 6.07 Å². The predicted octanol–water partition coefficient (Wildman–Crippen LogP) is 2.90. The number of alkyl halides is 3. The Hall–Kier alpha value is -1.56. The zero-order valence-corrected chi connectivity index (χ0v) is 12.3. The van der Waals surface area contributed by atoms with E-state index in [-0.39, 0.29) is 11.8 Å². The Morgan fingerprint density at radius 3 is 2.43 bits per heavy atom. The number of anilines is 1. The van der Waals surface area contributed by atoms with E-state index in [9.17, 15) is 18.0 Å². The summed E-state index contributed by atoms with van der Waals surface area (Å²) in [6, 6.07) is 4.22. The van der Waals surface area contributed by atoms with Crippen molar-refractivity contribution in [3.8, 4) is 0 Å². The monoisotopic (exact) mass is 300 g/mol. The SMILES string of the molecule is CC1CN(c2ccc(C=O)c(C(F)(F)F)c2)CC1N(C)C. The molecule has 1 heterocycles. The molecule has 1 aromatic rings. The Labute approximate surface area is 122 Å². The van der Waals surface area contributed by atoms with Crippen LogP contribution in [0.4, 0.5) is 18.9 Å². The van der Waals surface area contributed by atoms with Gasteiger partial charge in [0.15, 0.2) is 6.29 Å². The summed E-state index contributed by atoms with van der Waals surface area (Å²) in [6.45, 7) is 3.49. The maximum Gasteiger partial charge on any atom is 0.417 e. The van der Waals surface area contributed by atoms with E-state index in [0.29, 0.717) is 30.7 Å². The molecule has 0 N–H and O–H groups in total. The van der Waals surface area contributed by atoms with Crippen LogP contribution < -0.4 is 4.90 Å². The van der Waals surface area contributed by atoms with Gasteiger partial charge in [-0.15, -0.1) is 0 Å². The van der Waals surface area contributed by atoms with Crippen molar-refractivity contribution in [2.24, 2.45) is 5.92 Å². The standard InChI is InChI=1S/C15H19F3N2O/c1-10-7-20(8-14(10)19(2)3)12-5-4-11(9-21)13(6-12)15(16,17)18/h4-6,9-10,14H,7-8H2,1-3H3. The predicted molar refractivity (Wildman–Crippen MR) is 75.7 cm³/mol. The first-order chi connectivity index (χ1) is 9.74. The van der Waals surface area contributed by atoms with Gasteiger partial charge in [0, 0.05) is 30.4 Å². The second kappa shape index (κ2) is 5.67. The summed E-state index contributed by atoms with van der Waals surface area (Å²) < 4.78 is 39.0. The first kappa shape index (κ1) is 15.8. The summed E-state index contributed by atoms with van der Waals surface area (Å²) in [6.07, 6.45) is -4.26. The highest BCUT2D eigenvalue weighted by Gasteiger charge is 2.36. The Morgan fingerprint density at radius 1 is 1.29 bits per heavy atom. The maximum atomic E-state index is 13.0. The van der Waals surface area contributed by atoms with Gasteiger partial charge in [-0.25, -0.2) is 0 Å². The smallest absolute Gasteiger partial charge is 0.370 e. The minimum absolute atomic E-state index is 0.252. The summed E-state index contributed by atoms with van der Waals surface area (Å²) in [7, 11) is 3.95. The third-order valence-electron chi connectivity index (χ3n) is 4.07. The van der Waals surface area contributed by atoms with Gasteiger partial charge in [-0.3, -0.25) is 4.79 Å². The minimum atomic E-state index is -4.52. The molecule has 0 radical (unpaired) electrons. The van der Waals surface area contributed by atoms with Gasteiger partial charge >= 0.3 is 6.18 Å². The fourth-order valence-corrected chi connectivity index (χ4v) is 2.92. The number of rotatable bonds is 3. The van der Waals surface area contributed by atoms with Crippen LogP contribution in [0.15, 0.2) is 18.2 Å². The fourth-order valence-electron chi connectivity index (χ4n) is 2.92. The quantitative estimate of drug-likeness (QED) is 0.802. The molecule has 6 heteroatoms. The van der Waals surface area contributed by atoms with Crippen LogP contribution in [0.2, 0.25) is 0 Å². The Kier molecular flexibility index (Phi) is 4.27. The first-order valence-electron chi connectivity index (χ1n) is 6.82. The van der Waals surface area contributed by atoms with Crippen molar-refractivity contribution >= 4 is 12.0 Å². The van der Waals surface area contributed by atoms with Gasteiger partial charge in [0.05, 0.1) is 5.56 Å². The molecule has 1 aliphatic rings. The van der Waals surface area contributed by atoms with Crippen LogP contribution in [0.5, 0.6) is 0 Å². The van der Waals surface area contributed by atoms with Gasteiger partial charge in [0.2, 0.25) is 0 Å². The molecule has 21 heavy (non-hydrogen) atoms. The number of likely N-dealkylation sites (N-methyl/N-ethyl adjacent to an activating group) is 1. The van der Waals surface area contributed by atoms with Crippen molar-refractivity contribution in [2.45, 2.75) is 19.1 Å². The summed E-state index contributed by atoms with van der Waals surface area (Å²) >= 11 is 0. The van der Waals surface area contributed by atoms with Crippen LogP contribution in [0.1, 0.15) is 22.8 Å². The van der Waals surface area contributed by atoms with E-state index in [2.05, 4.69) is 11.8 Å². The molecule has 0 saturated carbocycles. The van der Waals surface area contributed by atoms with Crippen LogP contribution in [-0.4, -0.2) is 44.4 Å². The molecule has 0 spiro atoms. The number of benzene rings is 1. The Morgan fingerprint density at radius 2 is 1.95 bits per heavy atom. The fraction of sp³-hybridized carbons (Fsp3) is 0.533. The molecule has 3 nitrogen and oxygen atoms in total. The Balaban J connectivity index is 2.32. The second-order valence-electron chi connectivity index (χ2n) is 5.80. The maximum absolute atomic E-state index is 13.0. The zero-order valence-electron chi connectivity index (χ0n) is 12.3. The third-order valence-corrected chi connectivity index (χ3v) is 4.07. The van der Waals surface area contributed by atoms with E-state index >= 15 is 0 Å². The summed E-state index contributed by atoms with van der Waals surface area (Å²) in [4.78, 5) is 14.8. The molecule has 116 valence electrons. The topological polar surface area (TPSA) is 23.6 Å². The molecule has 2 atom stereocenters. The van der Waals surface area contributed by atoms with Crippen molar-refractivity contribution < 1.29 is 18.0 Å². The number of carbonyl (C=O) groups is 1. The molecule has 2 rings (SSSR count). The highest BCUT2D eigenvalue weighted by atomic mass is 19.4. The first-order valence-corrected chi connectivity index (χ1v) is 6.82. The van der Waals surface area contributed by atoms with Gasteiger partial charge in [-0.2, -0.15) is 13.2 Å². The average Bonchev–Trinajstić information content (AvgIpc) is 2.79. The molecule has 2 unspecified atom stereocenters. The van der Waals surface area contributed by atoms with Crippen molar-refractivity contribution in [2.75, 3.05) is 32.1 Å². The van der Waals surface area contributed by atoms with Crippen LogP contribution in [0.3, 0.4) is 0 Å². The largest absolute Gasteiger partial charge is 0.417 e. The number of hydrogen-bond donors (Lipinski definition) is 0. The lowest BCUT2D eigenvalue weighted by Gasteiger charge is -2.23. The van der Waals surface area contributed by atoms with Gasteiger partial charge in [-0.1, -0.05) is 6.92 Å². The minimum Gasteiger partial charge on any atom is -0.370 e. The van der Waals surface area contributed by atoms with Crippen LogP contribution in [-0.2, 0) is 6.18 Å². The van der Waals surface area contributed by atoms with E-state index in [1.807, 2.05) is 19.0 Å². The van der Waals surface area contributed by atoms with Crippen molar-refractivity contribution in [3.63, 3.8) is 0 Å². The summed E-state index contributed by atoms with van der Waals surface area (Å²) in [5.74, 6) is 0.375. The summed E-state index contributed by atoms with van der Waals surface area (Å²) in [5, 5.41) is 0. The molecule has 0 aromatic heterocycles. The molecule has 0 aliphatic carbocycles. The van der Waals surface area contributed by atoms with Gasteiger partial charge in [0.1, 0.15) is 0 Å². The average molecular weight is 300 g/mol. The lowest BCUT2D eigenvalue weighted by molar-refractivity contribution is -0.137. The highest BCUT2D eigenvalue weighted by molar-refractivity contribution is 5.79. The molecule has 0 amide bonds.